The van der Waals surface area contributed by atoms with Crippen molar-refractivity contribution in [3.05, 3.63) is 17.0 Å². The fraction of sp³-hybridized carbons (Fsp3) is 0.667. The molecule has 2 heterocycles. The molecular formula is C12H18N2O3. The van der Waals surface area contributed by atoms with Gasteiger partial charge in [0.25, 0.3) is 0 Å². The second-order valence-corrected chi connectivity index (χ2v) is 4.50. The fourth-order valence-electron chi connectivity index (χ4n) is 2.06. The molecule has 0 aliphatic carbocycles. The second-order valence-electron chi connectivity index (χ2n) is 4.50. The number of morpholine rings is 1. The van der Waals surface area contributed by atoms with Crippen LogP contribution in [0.1, 0.15) is 23.9 Å². The Morgan fingerprint density at radius 1 is 1.53 bits per heavy atom. The van der Waals surface area contributed by atoms with E-state index in [1.165, 1.54) is 0 Å². The van der Waals surface area contributed by atoms with Crippen molar-refractivity contribution in [3.8, 4) is 0 Å². The molecule has 0 spiro atoms. The predicted octanol–water partition coefficient (Wildman–Crippen LogP) is 1.08. The van der Waals surface area contributed by atoms with Crippen LogP contribution in [0.25, 0.3) is 0 Å². The molecule has 1 aliphatic rings. The van der Waals surface area contributed by atoms with E-state index in [1.54, 1.807) is 0 Å². The summed E-state index contributed by atoms with van der Waals surface area (Å²) < 4.78 is 10.5. The number of hydrogen-bond donors (Lipinski definition) is 0. The highest BCUT2D eigenvalue weighted by Gasteiger charge is 2.23. The molecule has 0 saturated carbocycles. The van der Waals surface area contributed by atoms with E-state index in [0.29, 0.717) is 26.1 Å². The molecule has 0 radical (unpaired) electrons. The third kappa shape index (κ3) is 2.66. The third-order valence-electron chi connectivity index (χ3n) is 3.10. The van der Waals surface area contributed by atoms with Crippen LogP contribution in [0, 0.1) is 13.8 Å². The van der Waals surface area contributed by atoms with Crippen molar-refractivity contribution in [2.24, 2.45) is 0 Å². The van der Waals surface area contributed by atoms with Gasteiger partial charge >= 0.3 is 0 Å². The van der Waals surface area contributed by atoms with E-state index in [9.17, 15) is 4.79 Å². The van der Waals surface area contributed by atoms with E-state index in [0.717, 1.165) is 17.0 Å². The van der Waals surface area contributed by atoms with Gasteiger partial charge in [-0.15, -0.1) is 0 Å². The Hall–Kier alpha value is -1.36. The van der Waals surface area contributed by atoms with Gasteiger partial charge < -0.3 is 14.2 Å². The molecule has 1 amide bonds. The zero-order valence-electron chi connectivity index (χ0n) is 10.5. The summed E-state index contributed by atoms with van der Waals surface area (Å²) in [6, 6.07) is 0. The highest BCUT2D eigenvalue weighted by Crippen LogP contribution is 2.15. The SMILES string of the molecule is Cc1noc(C)c1CC(=O)N1CCO[C@@H](C)C1. The first-order valence-electron chi connectivity index (χ1n) is 5.89. The number of aryl methyl sites for hydroxylation is 2. The second kappa shape index (κ2) is 4.87. The Kier molecular flexibility index (Phi) is 3.47. The van der Waals surface area contributed by atoms with Gasteiger partial charge in [0.2, 0.25) is 5.91 Å². The molecule has 5 heteroatoms. The van der Waals surface area contributed by atoms with Crippen molar-refractivity contribution in [1.29, 1.82) is 0 Å². The third-order valence-corrected chi connectivity index (χ3v) is 3.10. The molecule has 2 rings (SSSR count). The van der Waals surface area contributed by atoms with Gasteiger partial charge in [-0.1, -0.05) is 5.16 Å². The summed E-state index contributed by atoms with van der Waals surface area (Å²) in [6.45, 7) is 7.64. The van der Waals surface area contributed by atoms with Crippen molar-refractivity contribution >= 4 is 5.91 Å². The molecule has 17 heavy (non-hydrogen) atoms. The Bertz CT molecular complexity index is 394. The molecule has 1 aromatic heterocycles. The maximum absolute atomic E-state index is 12.1. The summed E-state index contributed by atoms with van der Waals surface area (Å²) in [5.74, 6) is 0.853. The highest BCUT2D eigenvalue weighted by atomic mass is 16.5. The first-order valence-corrected chi connectivity index (χ1v) is 5.89. The molecule has 0 unspecified atom stereocenters. The monoisotopic (exact) mass is 238 g/mol. The van der Waals surface area contributed by atoms with Gasteiger partial charge in [-0.05, 0) is 20.8 Å². The molecule has 94 valence electrons. The minimum Gasteiger partial charge on any atom is -0.375 e. The van der Waals surface area contributed by atoms with E-state index in [4.69, 9.17) is 9.26 Å². The molecular weight excluding hydrogens is 220 g/mol. The smallest absolute Gasteiger partial charge is 0.227 e. The zero-order valence-corrected chi connectivity index (χ0v) is 10.5. The topological polar surface area (TPSA) is 55.6 Å². The summed E-state index contributed by atoms with van der Waals surface area (Å²) in [5, 5.41) is 3.86. The Labute approximate surface area is 101 Å². The predicted molar refractivity (Wildman–Crippen MR) is 61.7 cm³/mol. The van der Waals surface area contributed by atoms with Crippen molar-refractivity contribution in [1.82, 2.24) is 10.1 Å². The molecule has 0 bridgehead atoms. The van der Waals surface area contributed by atoms with Gasteiger partial charge in [-0.3, -0.25) is 4.79 Å². The Morgan fingerprint density at radius 3 is 2.88 bits per heavy atom. The van der Waals surface area contributed by atoms with Crippen molar-refractivity contribution in [2.45, 2.75) is 33.3 Å². The van der Waals surface area contributed by atoms with E-state index in [2.05, 4.69) is 5.16 Å². The number of hydrogen-bond acceptors (Lipinski definition) is 4. The first kappa shape index (κ1) is 12.1. The van der Waals surface area contributed by atoms with Gasteiger partial charge in [0.15, 0.2) is 0 Å². The molecule has 0 N–H and O–H groups in total. The summed E-state index contributed by atoms with van der Waals surface area (Å²) in [5.41, 5.74) is 1.71. The van der Waals surface area contributed by atoms with Gasteiger partial charge in [-0.2, -0.15) is 0 Å². The number of carbonyl (C=O) groups is 1. The van der Waals surface area contributed by atoms with Gasteiger partial charge in [0.1, 0.15) is 5.76 Å². The number of aromatic nitrogens is 1. The highest BCUT2D eigenvalue weighted by molar-refractivity contribution is 5.79. The molecule has 1 saturated heterocycles. The van der Waals surface area contributed by atoms with Crippen LogP contribution in [0.2, 0.25) is 0 Å². The number of amides is 1. The Balaban J connectivity index is 2.01. The van der Waals surface area contributed by atoms with Crippen molar-refractivity contribution in [3.63, 3.8) is 0 Å². The number of rotatable bonds is 2. The first-order chi connectivity index (χ1) is 8.08. The van der Waals surface area contributed by atoms with Crippen molar-refractivity contribution in [2.75, 3.05) is 19.7 Å². The zero-order chi connectivity index (χ0) is 12.4. The van der Waals surface area contributed by atoms with Crippen LogP contribution >= 0.6 is 0 Å². The molecule has 1 aromatic rings. The average molecular weight is 238 g/mol. The summed E-state index contributed by atoms with van der Waals surface area (Å²) in [4.78, 5) is 14.0. The average Bonchev–Trinajstić information content (AvgIpc) is 2.61. The number of carbonyl (C=O) groups excluding carboxylic acids is 1. The standard InChI is InChI=1S/C12H18N2O3/c1-8-7-14(4-5-16-8)12(15)6-11-9(2)13-17-10(11)3/h8H,4-7H2,1-3H3/t8-/m0/s1. The van der Waals surface area contributed by atoms with Crippen LogP contribution in [0.5, 0.6) is 0 Å². The lowest BCUT2D eigenvalue weighted by Gasteiger charge is -2.31. The molecule has 1 fully saturated rings. The lowest BCUT2D eigenvalue weighted by Crippen LogP contribution is -2.45. The lowest BCUT2D eigenvalue weighted by molar-refractivity contribution is -0.137. The van der Waals surface area contributed by atoms with Gasteiger partial charge in [-0.25, -0.2) is 0 Å². The maximum atomic E-state index is 12.1. The van der Waals surface area contributed by atoms with E-state index in [-0.39, 0.29) is 12.0 Å². The Morgan fingerprint density at radius 2 is 2.29 bits per heavy atom. The van der Waals surface area contributed by atoms with E-state index >= 15 is 0 Å². The molecule has 0 aromatic carbocycles. The fourth-order valence-corrected chi connectivity index (χ4v) is 2.06. The van der Waals surface area contributed by atoms with Crippen molar-refractivity contribution < 1.29 is 14.1 Å². The minimum absolute atomic E-state index is 0.120. The van der Waals surface area contributed by atoms with Gasteiger partial charge in [0, 0.05) is 18.7 Å². The van der Waals surface area contributed by atoms with Crippen LogP contribution in [0.4, 0.5) is 0 Å². The van der Waals surface area contributed by atoms with E-state index < -0.39 is 0 Å². The molecule has 5 nitrogen and oxygen atoms in total. The van der Waals surface area contributed by atoms with Crippen LogP contribution in [-0.4, -0.2) is 41.8 Å². The summed E-state index contributed by atoms with van der Waals surface area (Å²) in [7, 11) is 0. The largest absolute Gasteiger partial charge is 0.375 e. The number of ether oxygens (including phenoxy) is 1. The maximum Gasteiger partial charge on any atom is 0.227 e. The van der Waals surface area contributed by atoms with Crippen LogP contribution in [0.15, 0.2) is 4.52 Å². The van der Waals surface area contributed by atoms with Gasteiger partial charge in [0.05, 0.1) is 24.8 Å². The van der Waals surface area contributed by atoms with E-state index in [1.807, 2.05) is 25.7 Å². The molecule has 1 atom stereocenters. The molecule has 1 aliphatic heterocycles. The van der Waals surface area contributed by atoms with Crippen LogP contribution in [0.3, 0.4) is 0 Å². The lowest BCUT2D eigenvalue weighted by atomic mass is 10.1. The van der Waals surface area contributed by atoms with Crippen LogP contribution in [-0.2, 0) is 16.0 Å². The number of nitrogens with zero attached hydrogens (tertiary/aromatic N) is 2. The summed E-state index contributed by atoms with van der Waals surface area (Å²) in [6.07, 6.45) is 0.491. The summed E-state index contributed by atoms with van der Waals surface area (Å²) >= 11 is 0. The quantitative estimate of drug-likeness (QED) is 0.773. The van der Waals surface area contributed by atoms with Crippen LogP contribution < -0.4 is 0 Å². The minimum atomic E-state index is 0.120. The normalized spacial score (nSPS) is 20.6.